The van der Waals surface area contributed by atoms with Gasteiger partial charge in [0, 0.05) is 21.5 Å². The van der Waals surface area contributed by atoms with Crippen molar-refractivity contribution in [3.63, 3.8) is 0 Å². The Hall–Kier alpha value is -2.69. The Labute approximate surface area is 140 Å². The molecule has 0 amide bonds. The average molecular weight is 321 g/mol. The van der Waals surface area contributed by atoms with Crippen molar-refractivity contribution in [1.82, 2.24) is 15.0 Å². The van der Waals surface area contributed by atoms with Crippen LogP contribution in [0.4, 0.5) is 0 Å². The van der Waals surface area contributed by atoms with Crippen LogP contribution < -0.4 is 9.47 Å². The molecule has 2 aromatic carbocycles. The lowest BCUT2D eigenvalue weighted by molar-refractivity contribution is 0.215. The van der Waals surface area contributed by atoms with Crippen LogP contribution in [0.15, 0.2) is 30.6 Å². The SMILES string of the molecule is CC(C)Oc1nc(OC(C)C)c2ccc3ncnc4ccc1c2c43. The highest BCUT2D eigenvalue weighted by Gasteiger charge is 2.19. The number of benzene rings is 2. The molecule has 2 aromatic heterocycles. The Kier molecular flexibility index (Phi) is 3.37. The standard InChI is InChI=1S/C19H19N3O2/c1-10(2)23-18-12-5-7-14-17-15(21-9-20-14)8-6-13(16(12)17)19(22-18)24-11(3)4/h5-11H,1-4H3. The van der Waals surface area contributed by atoms with Crippen molar-refractivity contribution in [2.75, 3.05) is 0 Å². The third-order valence-electron chi connectivity index (χ3n) is 3.87. The van der Waals surface area contributed by atoms with Gasteiger partial charge in [-0.2, -0.15) is 4.98 Å². The number of rotatable bonds is 4. The molecule has 5 nitrogen and oxygen atoms in total. The first-order valence-corrected chi connectivity index (χ1v) is 8.17. The maximum atomic E-state index is 5.96. The van der Waals surface area contributed by atoms with Gasteiger partial charge in [0.2, 0.25) is 11.8 Å². The van der Waals surface area contributed by atoms with E-state index in [0.717, 1.165) is 32.6 Å². The first kappa shape index (κ1) is 14.9. The highest BCUT2D eigenvalue weighted by atomic mass is 16.5. The summed E-state index contributed by atoms with van der Waals surface area (Å²) in [6.07, 6.45) is 1.65. The summed E-state index contributed by atoms with van der Waals surface area (Å²) < 4.78 is 11.9. The van der Waals surface area contributed by atoms with E-state index in [0.29, 0.717) is 11.8 Å². The molecule has 0 N–H and O–H groups in total. The van der Waals surface area contributed by atoms with Crippen LogP contribution in [0.1, 0.15) is 27.7 Å². The van der Waals surface area contributed by atoms with Crippen LogP contribution in [0.3, 0.4) is 0 Å². The number of nitrogens with zero attached hydrogens (tertiary/aromatic N) is 3. The third kappa shape index (κ3) is 2.28. The second-order valence-electron chi connectivity index (χ2n) is 6.44. The van der Waals surface area contributed by atoms with Crippen molar-refractivity contribution in [2.24, 2.45) is 0 Å². The molecule has 0 unspecified atom stereocenters. The summed E-state index contributed by atoms with van der Waals surface area (Å²) in [4.78, 5) is 13.5. The molecule has 0 radical (unpaired) electrons. The summed E-state index contributed by atoms with van der Waals surface area (Å²) in [6, 6.07) is 8.01. The van der Waals surface area contributed by atoms with Gasteiger partial charge in [-0.25, -0.2) is 9.97 Å². The van der Waals surface area contributed by atoms with Crippen LogP contribution in [-0.2, 0) is 0 Å². The lowest BCUT2D eigenvalue weighted by Crippen LogP contribution is -2.11. The molecule has 0 aliphatic carbocycles. The monoisotopic (exact) mass is 321 g/mol. The Morgan fingerprint density at radius 2 is 1.21 bits per heavy atom. The molecule has 4 aromatic rings. The van der Waals surface area contributed by atoms with Crippen molar-refractivity contribution in [2.45, 2.75) is 39.9 Å². The Balaban J connectivity index is 2.15. The molecule has 2 heterocycles. The number of hydrogen-bond donors (Lipinski definition) is 0. The van der Waals surface area contributed by atoms with E-state index in [1.165, 1.54) is 0 Å². The lowest BCUT2D eigenvalue weighted by atomic mass is 10.00. The topological polar surface area (TPSA) is 57.1 Å². The molecule has 0 aliphatic rings. The van der Waals surface area contributed by atoms with Gasteiger partial charge in [0.1, 0.15) is 6.33 Å². The summed E-state index contributed by atoms with van der Waals surface area (Å²) in [5, 5.41) is 3.99. The van der Waals surface area contributed by atoms with E-state index in [2.05, 4.69) is 15.0 Å². The summed E-state index contributed by atoms with van der Waals surface area (Å²) in [7, 11) is 0. The van der Waals surface area contributed by atoms with Crippen molar-refractivity contribution in [3.8, 4) is 11.8 Å². The molecule has 24 heavy (non-hydrogen) atoms. The predicted octanol–water partition coefficient (Wildman–Crippen LogP) is 4.34. The highest BCUT2D eigenvalue weighted by Crippen LogP contribution is 2.40. The predicted molar refractivity (Wildman–Crippen MR) is 95.1 cm³/mol. The lowest BCUT2D eigenvalue weighted by Gasteiger charge is -2.18. The average Bonchev–Trinajstić information content (AvgIpc) is 2.53. The minimum absolute atomic E-state index is 0.0270. The first-order valence-electron chi connectivity index (χ1n) is 8.17. The number of pyridine rings is 1. The molecule has 0 bridgehead atoms. The van der Waals surface area contributed by atoms with Crippen LogP contribution in [0.2, 0.25) is 0 Å². The maximum Gasteiger partial charge on any atom is 0.224 e. The summed E-state index contributed by atoms with van der Waals surface area (Å²) in [5.41, 5.74) is 1.82. The zero-order valence-corrected chi connectivity index (χ0v) is 14.2. The van der Waals surface area contributed by atoms with E-state index in [4.69, 9.17) is 9.47 Å². The number of hydrogen-bond acceptors (Lipinski definition) is 5. The number of aromatic nitrogens is 3. The van der Waals surface area contributed by atoms with Crippen LogP contribution in [-0.4, -0.2) is 27.2 Å². The fourth-order valence-corrected chi connectivity index (χ4v) is 3.02. The van der Waals surface area contributed by atoms with Gasteiger partial charge in [-0.05, 0) is 52.0 Å². The molecule has 0 aliphatic heterocycles. The fourth-order valence-electron chi connectivity index (χ4n) is 3.02. The van der Waals surface area contributed by atoms with E-state index in [1.54, 1.807) is 6.33 Å². The van der Waals surface area contributed by atoms with Gasteiger partial charge in [-0.3, -0.25) is 0 Å². The molecule has 0 fully saturated rings. The van der Waals surface area contributed by atoms with E-state index >= 15 is 0 Å². The Morgan fingerprint density at radius 3 is 1.67 bits per heavy atom. The van der Waals surface area contributed by atoms with Crippen molar-refractivity contribution in [1.29, 1.82) is 0 Å². The largest absolute Gasteiger partial charge is 0.474 e. The first-order chi connectivity index (χ1) is 11.5. The zero-order valence-electron chi connectivity index (χ0n) is 14.2. The summed E-state index contributed by atoms with van der Waals surface area (Å²) in [5.74, 6) is 1.18. The molecular weight excluding hydrogens is 302 g/mol. The number of ether oxygens (including phenoxy) is 2. The Bertz CT molecular complexity index is 953. The molecule has 4 rings (SSSR count). The van der Waals surface area contributed by atoms with Gasteiger partial charge in [0.05, 0.1) is 23.2 Å². The van der Waals surface area contributed by atoms with E-state index in [1.807, 2.05) is 52.0 Å². The third-order valence-corrected chi connectivity index (χ3v) is 3.87. The van der Waals surface area contributed by atoms with Crippen LogP contribution in [0.5, 0.6) is 11.8 Å². The second kappa shape index (κ2) is 5.44. The quantitative estimate of drug-likeness (QED) is 0.523. The minimum Gasteiger partial charge on any atom is -0.474 e. The molecule has 0 saturated carbocycles. The molecule has 122 valence electrons. The van der Waals surface area contributed by atoms with Crippen LogP contribution >= 0.6 is 0 Å². The van der Waals surface area contributed by atoms with Crippen LogP contribution in [0.25, 0.3) is 32.6 Å². The van der Waals surface area contributed by atoms with E-state index in [9.17, 15) is 0 Å². The molecule has 0 spiro atoms. The zero-order chi connectivity index (χ0) is 16.8. The second-order valence-corrected chi connectivity index (χ2v) is 6.44. The normalized spacial score (nSPS) is 12.1. The summed E-state index contributed by atoms with van der Waals surface area (Å²) >= 11 is 0. The van der Waals surface area contributed by atoms with Gasteiger partial charge in [0.25, 0.3) is 0 Å². The van der Waals surface area contributed by atoms with Crippen molar-refractivity contribution >= 4 is 32.6 Å². The van der Waals surface area contributed by atoms with Gasteiger partial charge >= 0.3 is 0 Å². The van der Waals surface area contributed by atoms with E-state index < -0.39 is 0 Å². The molecule has 5 heteroatoms. The van der Waals surface area contributed by atoms with Crippen molar-refractivity contribution in [3.05, 3.63) is 30.6 Å². The molecular formula is C19H19N3O2. The Morgan fingerprint density at radius 1 is 0.708 bits per heavy atom. The van der Waals surface area contributed by atoms with Crippen LogP contribution in [0, 0.1) is 0 Å². The molecule has 0 saturated heterocycles. The highest BCUT2D eigenvalue weighted by molar-refractivity contribution is 6.23. The molecule has 0 atom stereocenters. The fraction of sp³-hybridized carbons (Fsp3) is 0.316. The maximum absolute atomic E-state index is 5.96. The van der Waals surface area contributed by atoms with E-state index in [-0.39, 0.29) is 12.2 Å². The van der Waals surface area contributed by atoms with Gasteiger partial charge in [-0.1, -0.05) is 0 Å². The minimum atomic E-state index is 0.0270. The van der Waals surface area contributed by atoms with Crippen molar-refractivity contribution < 1.29 is 9.47 Å². The smallest absolute Gasteiger partial charge is 0.224 e. The summed E-state index contributed by atoms with van der Waals surface area (Å²) in [6.45, 7) is 7.97. The van der Waals surface area contributed by atoms with Gasteiger partial charge in [0.15, 0.2) is 0 Å². The van der Waals surface area contributed by atoms with Gasteiger partial charge in [-0.15, -0.1) is 0 Å². The van der Waals surface area contributed by atoms with Gasteiger partial charge < -0.3 is 9.47 Å².